The van der Waals surface area contributed by atoms with Gasteiger partial charge in [0.25, 0.3) is 0 Å². The summed E-state index contributed by atoms with van der Waals surface area (Å²) in [6, 6.07) is 19.1. The molecule has 0 saturated heterocycles. The maximum absolute atomic E-state index is 5.98. The van der Waals surface area contributed by atoms with E-state index in [2.05, 4.69) is 40.7 Å². The number of hydrogen-bond acceptors (Lipinski definition) is 2. The molecule has 0 amide bonds. The van der Waals surface area contributed by atoms with Crippen LogP contribution in [-0.2, 0) is 0 Å². The van der Waals surface area contributed by atoms with Gasteiger partial charge >= 0.3 is 0 Å². The first-order valence-corrected chi connectivity index (χ1v) is 8.69. The number of nitrogens with one attached hydrogen (secondary N) is 2. The molecule has 0 atom stereocenters. The Morgan fingerprint density at radius 2 is 1.83 bits per heavy atom. The summed E-state index contributed by atoms with van der Waals surface area (Å²) in [4.78, 5) is 4.58. The largest absolute Gasteiger partial charge is 0.491 e. The lowest BCUT2D eigenvalue weighted by Gasteiger charge is -2.12. The topological polar surface area (TPSA) is 45.7 Å². The van der Waals surface area contributed by atoms with Crippen LogP contribution in [-0.4, -0.2) is 31.7 Å². The number of aliphatic imine (C=N–C) groups is 1. The molecule has 2 aromatic carbocycles. The van der Waals surface area contributed by atoms with Crippen molar-refractivity contribution in [2.75, 3.05) is 19.7 Å². The van der Waals surface area contributed by atoms with Crippen molar-refractivity contribution in [3.63, 3.8) is 0 Å². The first-order valence-electron chi connectivity index (χ1n) is 8.69. The molecule has 24 heavy (non-hydrogen) atoms. The zero-order valence-electron chi connectivity index (χ0n) is 14.2. The molecule has 1 saturated carbocycles. The summed E-state index contributed by atoms with van der Waals surface area (Å²) in [5.74, 6) is 1.79. The molecule has 4 nitrogen and oxygen atoms in total. The summed E-state index contributed by atoms with van der Waals surface area (Å²) in [5.41, 5.74) is 2.28. The Kier molecular flexibility index (Phi) is 5.72. The molecule has 126 valence electrons. The number of rotatable bonds is 7. The Balaban J connectivity index is 1.58. The van der Waals surface area contributed by atoms with E-state index in [1.807, 2.05) is 36.4 Å². The van der Waals surface area contributed by atoms with Crippen molar-refractivity contribution in [1.82, 2.24) is 10.6 Å². The Bertz CT molecular complexity index is 666. The number of nitrogens with zero attached hydrogens (tertiary/aromatic N) is 1. The molecular formula is C20H25N3O. The summed E-state index contributed by atoms with van der Waals surface area (Å²) in [7, 11) is 0. The summed E-state index contributed by atoms with van der Waals surface area (Å²) >= 11 is 0. The van der Waals surface area contributed by atoms with Gasteiger partial charge in [-0.1, -0.05) is 48.5 Å². The zero-order valence-corrected chi connectivity index (χ0v) is 14.2. The molecule has 0 bridgehead atoms. The van der Waals surface area contributed by atoms with Gasteiger partial charge < -0.3 is 15.4 Å². The van der Waals surface area contributed by atoms with Crippen LogP contribution >= 0.6 is 0 Å². The normalized spacial score (nSPS) is 14.3. The lowest BCUT2D eigenvalue weighted by Crippen LogP contribution is -2.38. The van der Waals surface area contributed by atoms with Gasteiger partial charge in [0.15, 0.2) is 5.96 Å². The molecule has 1 aliphatic carbocycles. The van der Waals surface area contributed by atoms with Crippen LogP contribution in [0.25, 0.3) is 11.1 Å². The van der Waals surface area contributed by atoms with Crippen LogP contribution in [0, 0.1) is 0 Å². The maximum Gasteiger partial charge on any atom is 0.191 e. The Hall–Kier alpha value is -2.49. The SMILES string of the molecule is CCNC(=NCCOc1ccccc1-c1ccccc1)NC1CC1. The fraction of sp³-hybridized carbons (Fsp3) is 0.350. The minimum Gasteiger partial charge on any atom is -0.491 e. The van der Waals surface area contributed by atoms with Crippen LogP contribution in [0.3, 0.4) is 0 Å². The molecular weight excluding hydrogens is 298 g/mol. The molecule has 0 heterocycles. The number of ether oxygens (including phenoxy) is 1. The highest BCUT2D eigenvalue weighted by atomic mass is 16.5. The second kappa shape index (κ2) is 8.39. The van der Waals surface area contributed by atoms with E-state index in [4.69, 9.17) is 4.74 Å². The maximum atomic E-state index is 5.98. The molecule has 2 N–H and O–H groups in total. The monoisotopic (exact) mass is 323 g/mol. The summed E-state index contributed by atoms with van der Waals surface area (Å²) in [6.07, 6.45) is 2.48. The fourth-order valence-corrected chi connectivity index (χ4v) is 2.50. The van der Waals surface area contributed by atoms with Crippen LogP contribution in [0.4, 0.5) is 0 Å². The highest BCUT2D eigenvalue weighted by Gasteiger charge is 2.21. The van der Waals surface area contributed by atoms with Crippen molar-refractivity contribution in [2.24, 2.45) is 4.99 Å². The van der Waals surface area contributed by atoms with E-state index >= 15 is 0 Å². The summed E-state index contributed by atoms with van der Waals surface area (Å²) in [6.45, 7) is 4.14. The van der Waals surface area contributed by atoms with Gasteiger partial charge in [-0.05, 0) is 31.4 Å². The van der Waals surface area contributed by atoms with E-state index < -0.39 is 0 Å². The molecule has 0 radical (unpaired) electrons. The smallest absolute Gasteiger partial charge is 0.191 e. The molecule has 1 aliphatic rings. The average molecular weight is 323 g/mol. The highest BCUT2D eigenvalue weighted by molar-refractivity contribution is 5.80. The zero-order chi connectivity index (χ0) is 16.6. The van der Waals surface area contributed by atoms with Crippen LogP contribution < -0.4 is 15.4 Å². The van der Waals surface area contributed by atoms with Gasteiger partial charge in [-0.3, -0.25) is 0 Å². The van der Waals surface area contributed by atoms with E-state index in [0.717, 1.165) is 23.8 Å². The molecule has 0 aromatic heterocycles. The number of para-hydroxylation sites is 1. The fourth-order valence-electron chi connectivity index (χ4n) is 2.50. The number of hydrogen-bond donors (Lipinski definition) is 2. The summed E-state index contributed by atoms with van der Waals surface area (Å²) < 4.78 is 5.98. The molecule has 4 heteroatoms. The average Bonchev–Trinajstić information content (AvgIpc) is 3.44. The van der Waals surface area contributed by atoms with Crippen LogP contribution in [0.5, 0.6) is 5.75 Å². The van der Waals surface area contributed by atoms with Gasteiger partial charge in [-0.25, -0.2) is 4.99 Å². The molecule has 3 rings (SSSR count). The van der Waals surface area contributed by atoms with Gasteiger partial charge in [0.2, 0.25) is 0 Å². The van der Waals surface area contributed by atoms with Gasteiger partial charge in [0.1, 0.15) is 12.4 Å². The first-order chi connectivity index (χ1) is 11.9. The standard InChI is InChI=1S/C20H25N3O/c1-2-21-20(23-17-12-13-17)22-14-15-24-19-11-7-6-10-18(19)16-8-4-3-5-9-16/h3-11,17H,2,12-15H2,1H3,(H2,21,22,23). The van der Waals surface area contributed by atoms with Crippen molar-refractivity contribution >= 4 is 5.96 Å². The molecule has 0 aliphatic heterocycles. The highest BCUT2D eigenvalue weighted by Crippen LogP contribution is 2.29. The number of benzene rings is 2. The van der Waals surface area contributed by atoms with E-state index in [-0.39, 0.29) is 0 Å². The van der Waals surface area contributed by atoms with Crippen LogP contribution in [0.15, 0.2) is 59.6 Å². The van der Waals surface area contributed by atoms with Crippen molar-refractivity contribution in [2.45, 2.75) is 25.8 Å². The number of guanidine groups is 1. The first kappa shape index (κ1) is 16.4. The minimum atomic E-state index is 0.561. The van der Waals surface area contributed by atoms with Crippen LogP contribution in [0.1, 0.15) is 19.8 Å². The van der Waals surface area contributed by atoms with E-state index in [1.54, 1.807) is 0 Å². The van der Waals surface area contributed by atoms with Crippen molar-refractivity contribution in [3.8, 4) is 16.9 Å². The van der Waals surface area contributed by atoms with Crippen molar-refractivity contribution in [1.29, 1.82) is 0 Å². The summed E-state index contributed by atoms with van der Waals surface area (Å²) in [5, 5.41) is 6.68. The van der Waals surface area contributed by atoms with E-state index in [9.17, 15) is 0 Å². The quantitative estimate of drug-likeness (QED) is 0.466. The Morgan fingerprint density at radius 3 is 2.58 bits per heavy atom. The third kappa shape index (κ3) is 4.75. The molecule has 1 fully saturated rings. The Morgan fingerprint density at radius 1 is 1.08 bits per heavy atom. The van der Waals surface area contributed by atoms with Gasteiger partial charge in [-0.15, -0.1) is 0 Å². The van der Waals surface area contributed by atoms with Crippen molar-refractivity contribution < 1.29 is 4.74 Å². The van der Waals surface area contributed by atoms with E-state index in [0.29, 0.717) is 19.2 Å². The molecule has 0 unspecified atom stereocenters. The second-order valence-electron chi connectivity index (χ2n) is 5.89. The predicted octanol–water partition coefficient (Wildman–Crippen LogP) is 3.45. The molecule has 0 spiro atoms. The van der Waals surface area contributed by atoms with Crippen molar-refractivity contribution in [3.05, 3.63) is 54.6 Å². The predicted molar refractivity (Wildman–Crippen MR) is 99.5 cm³/mol. The van der Waals surface area contributed by atoms with Gasteiger partial charge in [0.05, 0.1) is 6.54 Å². The third-order valence-corrected chi connectivity index (χ3v) is 3.85. The van der Waals surface area contributed by atoms with Crippen LogP contribution in [0.2, 0.25) is 0 Å². The second-order valence-corrected chi connectivity index (χ2v) is 5.89. The third-order valence-electron chi connectivity index (χ3n) is 3.85. The lowest BCUT2D eigenvalue weighted by atomic mass is 10.1. The molecule has 2 aromatic rings. The van der Waals surface area contributed by atoms with Gasteiger partial charge in [-0.2, -0.15) is 0 Å². The minimum absolute atomic E-state index is 0.561. The van der Waals surface area contributed by atoms with Gasteiger partial charge in [0, 0.05) is 18.2 Å². The van der Waals surface area contributed by atoms with E-state index in [1.165, 1.54) is 18.4 Å². The Labute approximate surface area is 144 Å². The lowest BCUT2D eigenvalue weighted by molar-refractivity contribution is 0.330.